The third-order valence-corrected chi connectivity index (χ3v) is 6.98. The van der Waals surface area contributed by atoms with E-state index in [-0.39, 0.29) is 11.7 Å². The maximum atomic E-state index is 13.5. The lowest BCUT2D eigenvalue weighted by Crippen LogP contribution is -2.49. The number of aryl methyl sites for hydroxylation is 1. The second kappa shape index (κ2) is 7.02. The summed E-state index contributed by atoms with van der Waals surface area (Å²) in [5.74, 6) is -1.27. The molecule has 1 fully saturated rings. The van der Waals surface area contributed by atoms with Crippen molar-refractivity contribution in [2.24, 2.45) is 0 Å². The first-order valence-electron chi connectivity index (χ1n) is 9.19. The zero-order chi connectivity index (χ0) is 19.9. The van der Waals surface area contributed by atoms with Crippen LogP contribution in [0.2, 0.25) is 0 Å². The van der Waals surface area contributed by atoms with Crippen molar-refractivity contribution in [2.45, 2.75) is 25.2 Å². The van der Waals surface area contributed by atoms with Crippen molar-refractivity contribution >= 4 is 33.3 Å². The van der Waals surface area contributed by atoms with Gasteiger partial charge in [-0.15, -0.1) is 11.3 Å². The van der Waals surface area contributed by atoms with Crippen LogP contribution in [0, 0.1) is 12.7 Å². The highest BCUT2D eigenvalue weighted by Gasteiger charge is 2.44. The molecule has 2 aromatic carbocycles. The highest BCUT2D eigenvalue weighted by Crippen LogP contribution is 2.38. The standard InChI is InChI=1S/C22H20FNO3S/c1-14-17-8-7-16(23)13-18(17)28-19(14)20(25)24-11-9-22(10-12-24,21(26)27)15-5-3-2-4-6-15/h2-8,13H,9-12H2,1H3,(H,26,27). The first kappa shape index (κ1) is 18.6. The predicted molar refractivity (Wildman–Crippen MR) is 107 cm³/mol. The third kappa shape index (κ3) is 2.98. The van der Waals surface area contributed by atoms with E-state index >= 15 is 0 Å². The molecule has 28 heavy (non-hydrogen) atoms. The summed E-state index contributed by atoms with van der Waals surface area (Å²) in [7, 11) is 0. The van der Waals surface area contributed by atoms with Crippen LogP contribution in [0.5, 0.6) is 0 Å². The largest absolute Gasteiger partial charge is 0.481 e. The predicted octanol–water partition coefficient (Wildman–Crippen LogP) is 4.61. The van der Waals surface area contributed by atoms with E-state index in [0.717, 1.165) is 21.2 Å². The van der Waals surface area contributed by atoms with Gasteiger partial charge in [0.15, 0.2) is 0 Å². The van der Waals surface area contributed by atoms with Gasteiger partial charge < -0.3 is 10.0 Å². The van der Waals surface area contributed by atoms with E-state index in [1.54, 1.807) is 11.0 Å². The van der Waals surface area contributed by atoms with Crippen LogP contribution in [0.1, 0.15) is 33.6 Å². The average molecular weight is 397 g/mol. The Morgan fingerprint density at radius 2 is 1.79 bits per heavy atom. The van der Waals surface area contributed by atoms with Crippen LogP contribution in [-0.4, -0.2) is 35.0 Å². The molecule has 0 spiro atoms. The van der Waals surface area contributed by atoms with Crippen molar-refractivity contribution in [3.8, 4) is 0 Å². The van der Waals surface area contributed by atoms with E-state index < -0.39 is 11.4 Å². The molecule has 0 radical (unpaired) electrons. The zero-order valence-corrected chi connectivity index (χ0v) is 16.3. The summed E-state index contributed by atoms with van der Waals surface area (Å²) >= 11 is 1.29. The van der Waals surface area contributed by atoms with E-state index in [1.165, 1.54) is 23.5 Å². The number of hydrogen-bond acceptors (Lipinski definition) is 3. The average Bonchev–Trinajstić information content (AvgIpc) is 3.03. The van der Waals surface area contributed by atoms with Crippen LogP contribution in [0.25, 0.3) is 10.1 Å². The monoisotopic (exact) mass is 397 g/mol. The van der Waals surface area contributed by atoms with Gasteiger partial charge in [-0.1, -0.05) is 36.4 Å². The topological polar surface area (TPSA) is 57.6 Å². The van der Waals surface area contributed by atoms with Gasteiger partial charge in [-0.25, -0.2) is 4.39 Å². The Morgan fingerprint density at radius 3 is 2.43 bits per heavy atom. The quantitative estimate of drug-likeness (QED) is 0.702. The van der Waals surface area contributed by atoms with E-state index in [9.17, 15) is 19.1 Å². The molecule has 0 bridgehead atoms. The van der Waals surface area contributed by atoms with Gasteiger partial charge in [0.25, 0.3) is 5.91 Å². The van der Waals surface area contributed by atoms with Crippen LogP contribution >= 0.6 is 11.3 Å². The molecule has 144 valence electrons. The van der Waals surface area contributed by atoms with Gasteiger partial charge in [0.05, 0.1) is 10.3 Å². The minimum absolute atomic E-state index is 0.105. The summed E-state index contributed by atoms with van der Waals surface area (Å²) in [6.45, 7) is 2.63. The summed E-state index contributed by atoms with van der Waals surface area (Å²) in [6, 6.07) is 13.8. The fraction of sp³-hybridized carbons (Fsp3) is 0.273. The normalized spacial score (nSPS) is 16.3. The second-order valence-corrected chi connectivity index (χ2v) is 8.29. The summed E-state index contributed by atoms with van der Waals surface area (Å²) in [4.78, 5) is 27.5. The van der Waals surface area contributed by atoms with Crippen molar-refractivity contribution in [1.29, 1.82) is 0 Å². The number of fused-ring (bicyclic) bond motifs is 1. The Bertz CT molecular complexity index is 1050. The van der Waals surface area contributed by atoms with Crippen molar-refractivity contribution in [3.05, 3.63) is 70.4 Å². The lowest BCUT2D eigenvalue weighted by molar-refractivity contribution is -0.145. The van der Waals surface area contributed by atoms with Gasteiger partial charge in [0, 0.05) is 17.8 Å². The molecule has 0 aliphatic carbocycles. The van der Waals surface area contributed by atoms with Gasteiger partial charge >= 0.3 is 5.97 Å². The van der Waals surface area contributed by atoms with Crippen LogP contribution in [0.15, 0.2) is 48.5 Å². The zero-order valence-electron chi connectivity index (χ0n) is 15.4. The number of halogens is 1. The number of benzene rings is 2. The molecular formula is C22H20FNO3S. The lowest BCUT2D eigenvalue weighted by atomic mass is 9.73. The maximum absolute atomic E-state index is 13.5. The van der Waals surface area contributed by atoms with Gasteiger partial charge in [0.2, 0.25) is 0 Å². The maximum Gasteiger partial charge on any atom is 0.314 e. The number of likely N-dealkylation sites (tertiary alicyclic amines) is 1. The van der Waals surface area contributed by atoms with Crippen LogP contribution in [-0.2, 0) is 10.2 Å². The van der Waals surface area contributed by atoms with Gasteiger partial charge in [-0.2, -0.15) is 0 Å². The molecule has 0 unspecified atom stereocenters. The van der Waals surface area contributed by atoms with Crippen LogP contribution < -0.4 is 0 Å². The highest BCUT2D eigenvalue weighted by atomic mass is 32.1. The number of carboxylic acids is 1. The first-order valence-corrected chi connectivity index (χ1v) is 10.0. The molecule has 6 heteroatoms. The molecule has 1 aromatic heterocycles. The Morgan fingerprint density at radius 1 is 1.11 bits per heavy atom. The minimum Gasteiger partial charge on any atom is -0.481 e. The number of piperidine rings is 1. The van der Waals surface area contributed by atoms with Crippen molar-refractivity contribution in [2.75, 3.05) is 13.1 Å². The molecule has 4 nitrogen and oxygen atoms in total. The number of amides is 1. The molecule has 1 aliphatic rings. The van der Waals surface area contributed by atoms with Gasteiger partial charge in [0.1, 0.15) is 5.82 Å². The number of hydrogen-bond donors (Lipinski definition) is 1. The van der Waals surface area contributed by atoms with Crippen molar-refractivity contribution < 1.29 is 19.1 Å². The van der Waals surface area contributed by atoms with E-state index in [1.807, 2.05) is 37.3 Å². The Kier molecular flexibility index (Phi) is 4.67. The van der Waals surface area contributed by atoms with E-state index in [2.05, 4.69) is 0 Å². The number of carbonyl (C=O) groups excluding carboxylic acids is 1. The van der Waals surface area contributed by atoms with Crippen LogP contribution in [0.4, 0.5) is 4.39 Å². The molecule has 1 N–H and O–H groups in total. The molecule has 4 rings (SSSR count). The minimum atomic E-state index is -0.962. The smallest absolute Gasteiger partial charge is 0.314 e. The van der Waals surface area contributed by atoms with Crippen molar-refractivity contribution in [3.63, 3.8) is 0 Å². The molecule has 1 aliphatic heterocycles. The summed E-state index contributed by atoms with van der Waals surface area (Å²) < 4.78 is 14.3. The van der Waals surface area contributed by atoms with E-state index in [0.29, 0.717) is 30.8 Å². The second-order valence-electron chi connectivity index (χ2n) is 7.24. The van der Waals surface area contributed by atoms with Gasteiger partial charge in [-0.3, -0.25) is 9.59 Å². The number of carboxylic acid groups (broad SMARTS) is 1. The Hall–Kier alpha value is -2.73. The molecule has 1 saturated heterocycles. The van der Waals surface area contributed by atoms with Crippen LogP contribution in [0.3, 0.4) is 0 Å². The molecule has 3 aromatic rings. The van der Waals surface area contributed by atoms with Gasteiger partial charge in [-0.05, 0) is 48.4 Å². The fourth-order valence-electron chi connectivity index (χ4n) is 4.02. The SMILES string of the molecule is Cc1c(C(=O)N2CCC(C(=O)O)(c3ccccc3)CC2)sc2cc(F)ccc12. The number of rotatable bonds is 3. The Labute approximate surface area is 166 Å². The third-order valence-electron chi connectivity index (χ3n) is 5.73. The highest BCUT2D eigenvalue weighted by molar-refractivity contribution is 7.21. The summed E-state index contributed by atoms with van der Waals surface area (Å²) in [5, 5.41) is 10.8. The molecule has 2 heterocycles. The first-order chi connectivity index (χ1) is 13.4. The molecule has 0 atom stereocenters. The van der Waals surface area contributed by atoms with Crippen molar-refractivity contribution in [1.82, 2.24) is 4.90 Å². The fourth-order valence-corrected chi connectivity index (χ4v) is 5.22. The number of thiophene rings is 1. The number of nitrogens with zero attached hydrogens (tertiary/aromatic N) is 1. The number of aliphatic carboxylic acids is 1. The molecule has 0 saturated carbocycles. The summed E-state index contributed by atoms with van der Waals surface area (Å²) in [6.07, 6.45) is 0.743. The molecule has 1 amide bonds. The Balaban J connectivity index is 1.59. The molecular weight excluding hydrogens is 377 g/mol. The number of carbonyl (C=O) groups is 2. The lowest BCUT2D eigenvalue weighted by Gasteiger charge is -2.39. The van der Waals surface area contributed by atoms with E-state index in [4.69, 9.17) is 0 Å². The summed E-state index contributed by atoms with van der Waals surface area (Å²) in [5.41, 5.74) is 0.669.